The van der Waals surface area contributed by atoms with E-state index in [0.29, 0.717) is 12.2 Å². The van der Waals surface area contributed by atoms with E-state index in [4.69, 9.17) is 5.26 Å². The van der Waals surface area contributed by atoms with Gasteiger partial charge in [0, 0.05) is 18.0 Å². The van der Waals surface area contributed by atoms with Crippen molar-refractivity contribution in [3.05, 3.63) is 27.9 Å². The second-order valence-electron chi connectivity index (χ2n) is 4.96. The number of nitrogens with zero attached hydrogens (tertiary/aromatic N) is 3. The fourth-order valence-electron chi connectivity index (χ4n) is 1.89. The first kappa shape index (κ1) is 15.3. The fraction of sp³-hybridized carbons (Fsp3) is 0.462. The fourth-order valence-corrected chi connectivity index (χ4v) is 3.13. The van der Waals surface area contributed by atoms with E-state index in [0.717, 1.165) is 12.8 Å². The van der Waals surface area contributed by atoms with Crippen LogP contribution in [0.4, 0.5) is 5.69 Å². The van der Waals surface area contributed by atoms with Crippen LogP contribution < -0.4 is 0 Å². The zero-order chi connectivity index (χ0) is 15.5. The average Bonchev–Trinajstić information content (AvgIpc) is 3.24. The quantitative estimate of drug-likeness (QED) is 0.343. The van der Waals surface area contributed by atoms with Crippen molar-refractivity contribution in [2.24, 2.45) is 5.41 Å². The van der Waals surface area contributed by atoms with Crippen molar-refractivity contribution in [1.82, 2.24) is 4.98 Å². The second-order valence-corrected chi connectivity index (χ2v) is 5.92. The molecule has 21 heavy (non-hydrogen) atoms. The van der Waals surface area contributed by atoms with Crippen LogP contribution in [0.2, 0.25) is 0 Å². The van der Waals surface area contributed by atoms with Gasteiger partial charge in [-0.05, 0) is 18.3 Å². The number of nitro groups is 1. The van der Waals surface area contributed by atoms with Gasteiger partial charge >= 0.3 is 11.7 Å². The molecule has 0 saturated heterocycles. The number of aromatic nitrogens is 1. The van der Waals surface area contributed by atoms with Crippen molar-refractivity contribution >= 4 is 23.4 Å². The molecule has 0 unspecified atom stereocenters. The van der Waals surface area contributed by atoms with Gasteiger partial charge in [0.15, 0.2) is 5.03 Å². The zero-order valence-electron chi connectivity index (χ0n) is 11.4. The van der Waals surface area contributed by atoms with Crippen LogP contribution in [0.1, 0.15) is 24.8 Å². The van der Waals surface area contributed by atoms with Crippen LogP contribution in [-0.2, 0) is 9.53 Å². The van der Waals surface area contributed by atoms with Crippen molar-refractivity contribution in [2.75, 3.05) is 12.9 Å². The van der Waals surface area contributed by atoms with E-state index in [1.165, 1.54) is 31.1 Å². The highest BCUT2D eigenvalue weighted by Crippen LogP contribution is 2.52. The van der Waals surface area contributed by atoms with Crippen LogP contribution in [-0.4, -0.2) is 28.7 Å². The molecular formula is C13H13N3O4S. The monoisotopic (exact) mass is 307 g/mol. The first-order valence-corrected chi connectivity index (χ1v) is 7.22. The molecule has 1 aliphatic carbocycles. The van der Waals surface area contributed by atoms with Crippen LogP contribution in [0, 0.1) is 26.9 Å². The average molecular weight is 307 g/mol. The number of nitriles is 1. The second kappa shape index (κ2) is 6.10. The maximum atomic E-state index is 11.3. The topological polar surface area (TPSA) is 106 Å². The van der Waals surface area contributed by atoms with Gasteiger partial charge in [-0.25, -0.2) is 4.98 Å². The zero-order valence-corrected chi connectivity index (χ0v) is 12.2. The third-order valence-corrected chi connectivity index (χ3v) is 4.72. The molecule has 1 aliphatic rings. The van der Waals surface area contributed by atoms with Crippen LogP contribution >= 0.6 is 11.8 Å². The predicted octanol–water partition coefficient (Wildman–Crippen LogP) is 2.30. The number of hydrogen-bond acceptors (Lipinski definition) is 7. The van der Waals surface area contributed by atoms with Crippen LogP contribution in [0.5, 0.6) is 0 Å². The number of carbonyl (C=O) groups is 1. The normalized spacial score (nSPS) is 15.0. The van der Waals surface area contributed by atoms with Crippen LogP contribution in [0.25, 0.3) is 0 Å². The van der Waals surface area contributed by atoms with Gasteiger partial charge < -0.3 is 4.74 Å². The Hall–Kier alpha value is -2.14. The lowest BCUT2D eigenvalue weighted by atomic mass is 10.1. The van der Waals surface area contributed by atoms with E-state index in [-0.39, 0.29) is 27.7 Å². The Bertz CT molecular complexity index is 622. The molecule has 1 fully saturated rings. The summed E-state index contributed by atoms with van der Waals surface area (Å²) in [6.45, 7) is 0. The molecule has 1 aromatic heterocycles. The molecule has 110 valence electrons. The lowest BCUT2D eigenvalue weighted by molar-refractivity contribution is -0.388. The molecule has 2 rings (SSSR count). The predicted molar refractivity (Wildman–Crippen MR) is 74.6 cm³/mol. The molecule has 8 heteroatoms. The minimum absolute atomic E-state index is 0.138. The summed E-state index contributed by atoms with van der Waals surface area (Å²) in [5.74, 6) is 0.303. The first-order valence-electron chi connectivity index (χ1n) is 6.24. The minimum Gasteiger partial charge on any atom is -0.469 e. The summed E-state index contributed by atoms with van der Waals surface area (Å²) in [6, 6.07) is 3.05. The van der Waals surface area contributed by atoms with Crippen molar-refractivity contribution in [3.8, 4) is 6.07 Å². The van der Waals surface area contributed by atoms with E-state index >= 15 is 0 Å². The molecule has 1 saturated carbocycles. The van der Waals surface area contributed by atoms with Crippen molar-refractivity contribution in [2.45, 2.75) is 24.3 Å². The van der Waals surface area contributed by atoms with Gasteiger partial charge in [0.2, 0.25) is 0 Å². The number of carbonyl (C=O) groups excluding carboxylic acids is 1. The van der Waals surface area contributed by atoms with Gasteiger partial charge in [0.1, 0.15) is 6.07 Å². The van der Waals surface area contributed by atoms with E-state index in [2.05, 4.69) is 9.72 Å². The summed E-state index contributed by atoms with van der Waals surface area (Å²) in [6.07, 6.45) is 3.44. The molecule has 0 aromatic carbocycles. The number of methoxy groups -OCH3 is 1. The van der Waals surface area contributed by atoms with Gasteiger partial charge in [-0.1, -0.05) is 11.8 Å². The van der Waals surface area contributed by atoms with Crippen molar-refractivity contribution < 1.29 is 14.5 Å². The summed E-state index contributed by atoms with van der Waals surface area (Å²) < 4.78 is 4.66. The molecule has 1 heterocycles. The Labute approximate surface area is 125 Å². The Kier molecular flexibility index (Phi) is 4.43. The highest BCUT2D eigenvalue weighted by Gasteiger charge is 2.45. The SMILES string of the molecule is COC(=O)CC1(CSc2ncc(C#N)cc2[N+](=O)[O-])CC1. The number of rotatable bonds is 6. The Morgan fingerprint density at radius 3 is 2.90 bits per heavy atom. The molecule has 0 amide bonds. The number of thioether (sulfide) groups is 1. The molecular weight excluding hydrogens is 294 g/mol. The van der Waals surface area contributed by atoms with Gasteiger partial charge in [-0.3, -0.25) is 14.9 Å². The maximum absolute atomic E-state index is 11.3. The number of esters is 1. The number of pyridine rings is 1. The van der Waals surface area contributed by atoms with E-state index < -0.39 is 4.92 Å². The number of ether oxygens (including phenoxy) is 1. The Morgan fingerprint density at radius 1 is 1.67 bits per heavy atom. The smallest absolute Gasteiger partial charge is 0.306 e. The van der Waals surface area contributed by atoms with E-state index in [1.807, 2.05) is 6.07 Å². The van der Waals surface area contributed by atoms with Gasteiger partial charge in [0.25, 0.3) is 0 Å². The first-order chi connectivity index (χ1) is 9.99. The third kappa shape index (κ3) is 3.70. The highest BCUT2D eigenvalue weighted by atomic mass is 32.2. The van der Waals surface area contributed by atoms with Crippen molar-refractivity contribution in [1.29, 1.82) is 5.26 Å². The Balaban J connectivity index is 2.08. The molecule has 7 nitrogen and oxygen atoms in total. The molecule has 0 aliphatic heterocycles. The van der Waals surface area contributed by atoms with E-state index in [9.17, 15) is 14.9 Å². The minimum atomic E-state index is -0.546. The van der Waals surface area contributed by atoms with Gasteiger partial charge in [-0.15, -0.1) is 0 Å². The van der Waals surface area contributed by atoms with Crippen LogP contribution in [0.3, 0.4) is 0 Å². The summed E-state index contributed by atoms with van der Waals surface area (Å²) in [5, 5.41) is 20.1. The molecule has 1 aromatic rings. The van der Waals surface area contributed by atoms with Gasteiger partial charge in [0.05, 0.1) is 24.0 Å². The maximum Gasteiger partial charge on any atom is 0.306 e. The largest absolute Gasteiger partial charge is 0.469 e. The summed E-state index contributed by atoms with van der Waals surface area (Å²) >= 11 is 1.25. The molecule has 0 spiro atoms. The summed E-state index contributed by atoms with van der Waals surface area (Å²) in [4.78, 5) is 25.8. The van der Waals surface area contributed by atoms with Crippen LogP contribution in [0.15, 0.2) is 17.3 Å². The summed E-state index contributed by atoms with van der Waals surface area (Å²) in [7, 11) is 1.35. The van der Waals surface area contributed by atoms with E-state index in [1.54, 1.807) is 0 Å². The Morgan fingerprint density at radius 2 is 2.38 bits per heavy atom. The molecule has 0 bridgehead atoms. The van der Waals surface area contributed by atoms with Crippen molar-refractivity contribution in [3.63, 3.8) is 0 Å². The standard InChI is InChI=1S/C13H13N3O4S/c1-20-11(17)5-13(2-3-13)8-21-12-10(16(18)19)4-9(6-14)7-15-12/h4,7H,2-3,5,8H2,1H3. The molecule has 0 atom stereocenters. The lowest BCUT2D eigenvalue weighted by Gasteiger charge is -2.12. The molecule has 0 radical (unpaired) electrons. The van der Waals surface area contributed by atoms with Gasteiger partial charge in [-0.2, -0.15) is 5.26 Å². The number of hydrogen-bond donors (Lipinski definition) is 0. The lowest BCUT2D eigenvalue weighted by Crippen LogP contribution is -2.13. The third-order valence-electron chi connectivity index (χ3n) is 3.38. The highest BCUT2D eigenvalue weighted by molar-refractivity contribution is 7.99. The summed E-state index contributed by atoms with van der Waals surface area (Å²) in [5.41, 5.74) is -0.157. The molecule has 0 N–H and O–H groups in total.